The Morgan fingerprint density at radius 1 is 1.37 bits per heavy atom. The summed E-state index contributed by atoms with van der Waals surface area (Å²) in [6.07, 6.45) is 1.05. The van der Waals surface area contributed by atoms with Gasteiger partial charge in [0.05, 0.1) is 12.3 Å². The highest BCUT2D eigenvalue weighted by Gasteiger charge is 2.29. The van der Waals surface area contributed by atoms with Crippen molar-refractivity contribution < 1.29 is 33.0 Å². The molecule has 0 unspecified atom stereocenters. The highest BCUT2D eigenvalue weighted by atomic mass is 19.1. The van der Waals surface area contributed by atoms with E-state index in [-0.39, 0.29) is 18.4 Å². The predicted octanol–water partition coefficient (Wildman–Crippen LogP) is 0.994. The summed E-state index contributed by atoms with van der Waals surface area (Å²) < 4.78 is 23.5. The van der Waals surface area contributed by atoms with E-state index in [0.717, 1.165) is 12.3 Å². The molecule has 27 heavy (non-hydrogen) atoms. The van der Waals surface area contributed by atoms with Gasteiger partial charge >= 0.3 is 12.2 Å². The van der Waals surface area contributed by atoms with Crippen molar-refractivity contribution >= 4 is 23.9 Å². The molecule has 0 aromatic carbocycles. The molecule has 0 radical (unpaired) electrons. The van der Waals surface area contributed by atoms with Crippen molar-refractivity contribution in [2.45, 2.75) is 44.9 Å². The average molecular weight is 380 g/mol. The summed E-state index contributed by atoms with van der Waals surface area (Å²) in [4.78, 5) is 42.5. The summed E-state index contributed by atoms with van der Waals surface area (Å²) in [7, 11) is 1.25. The van der Waals surface area contributed by atoms with Gasteiger partial charge < -0.3 is 20.3 Å². The highest BCUT2D eigenvalue weighted by Crippen LogP contribution is 2.17. The Morgan fingerprint density at radius 3 is 2.63 bits per heavy atom. The molecule has 1 heterocycles. The average Bonchev–Trinajstić information content (AvgIpc) is 2.58. The second-order valence-corrected chi connectivity index (χ2v) is 5.85. The third-order valence-electron chi connectivity index (χ3n) is 3.34. The van der Waals surface area contributed by atoms with E-state index in [2.05, 4.69) is 15.1 Å². The molecule has 10 heteroatoms. The minimum atomic E-state index is -1.21. The third kappa shape index (κ3) is 7.43. The van der Waals surface area contributed by atoms with Crippen molar-refractivity contribution in [1.29, 1.82) is 0 Å². The number of halogens is 1. The molecule has 0 aliphatic carbocycles. The van der Waals surface area contributed by atoms with Crippen molar-refractivity contribution in [2.75, 3.05) is 7.11 Å². The molecule has 0 fully saturated rings. The Morgan fingerprint density at radius 2 is 2.07 bits per heavy atom. The zero-order valence-corrected chi connectivity index (χ0v) is 15.2. The maximum absolute atomic E-state index is 13.3. The molecule has 9 nitrogen and oxygen atoms in total. The number of nitrogens with one attached hydrogen (secondary N) is 1. The van der Waals surface area contributed by atoms with E-state index in [1.807, 2.05) is 0 Å². The standard InChI is InChI=1S/C17H21FN4O5/c1-10(2)27-17(25)14(5-4-13(23)9-21-19)22-16(24)15(26-3)11-6-12(18)8-20-7-11/h6-10,14-15H,4-5H2,1-3H3,(H,22,24)/t14-,15+/m0/s1. The van der Waals surface area contributed by atoms with Crippen LogP contribution in [0.2, 0.25) is 0 Å². The number of esters is 1. The van der Waals surface area contributed by atoms with E-state index in [4.69, 9.17) is 15.0 Å². The largest absolute Gasteiger partial charge is 0.461 e. The summed E-state index contributed by atoms with van der Waals surface area (Å²) >= 11 is 0. The van der Waals surface area contributed by atoms with Gasteiger partial charge in [0.15, 0.2) is 6.10 Å². The Bertz CT molecular complexity index is 734. The van der Waals surface area contributed by atoms with Crippen LogP contribution in [-0.4, -0.2) is 52.9 Å². The molecular formula is C17H21FN4O5. The fourth-order valence-electron chi connectivity index (χ4n) is 2.19. The smallest absolute Gasteiger partial charge is 0.328 e. The van der Waals surface area contributed by atoms with Crippen LogP contribution >= 0.6 is 0 Å². The molecule has 0 bridgehead atoms. The van der Waals surface area contributed by atoms with E-state index in [0.29, 0.717) is 6.21 Å². The molecule has 0 aliphatic heterocycles. The first-order chi connectivity index (χ1) is 12.8. The number of methoxy groups -OCH3 is 1. The number of hydrogen-bond acceptors (Lipinski definition) is 6. The van der Waals surface area contributed by atoms with Crippen LogP contribution < -0.4 is 5.32 Å². The van der Waals surface area contributed by atoms with Crippen LogP contribution in [0.3, 0.4) is 0 Å². The summed E-state index contributed by atoms with van der Waals surface area (Å²) in [6.45, 7) is 3.27. The van der Waals surface area contributed by atoms with E-state index in [1.165, 1.54) is 13.3 Å². The summed E-state index contributed by atoms with van der Waals surface area (Å²) in [5.41, 5.74) is 8.52. The van der Waals surface area contributed by atoms with Gasteiger partial charge in [-0.25, -0.2) is 9.18 Å². The second kappa shape index (κ2) is 10.9. The van der Waals surface area contributed by atoms with Gasteiger partial charge in [0.25, 0.3) is 5.91 Å². The Labute approximate surface area is 155 Å². The molecule has 1 aromatic heterocycles. The van der Waals surface area contributed by atoms with Crippen molar-refractivity contribution in [1.82, 2.24) is 10.3 Å². The summed E-state index contributed by atoms with van der Waals surface area (Å²) in [5.74, 6) is -2.64. The molecule has 0 spiro atoms. The Kier molecular flexibility index (Phi) is 8.91. The van der Waals surface area contributed by atoms with E-state index in [9.17, 15) is 18.8 Å². The topological polar surface area (TPSA) is 131 Å². The number of ketones is 1. The van der Waals surface area contributed by atoms with Crippen LogP contribution in [0.15, 0.2) is 18.5 Å². The molecular weight excluding hydrogens is 359 g/mol. The first kappa shape index (κ1) is 22.1. The number of amides is 1. The van der Waals surface area contributed by atoms with Gasteiger partial charge in [-0.15, -0.1) is 0 Å². The SMILES string of the molecule is CO[C@@H](C(=O)N[C@@H](CCC(=O)C=[N+]=[N-])C(=O)OC(C)C)c1cncc(F)c1. The molecule has 0 saturated carbocycles. The zero-order valence-electron chi connectivity index (χ0n) is 15.2. The van der Waals surface area contributed by atoms with Gasteiger partial charge in [0, 0.05) is 25.3 Å². The number of pyridine rings is 1. The van der Waals surface area contributed by atoms with Gasteiger partial charge in [-0.3, -0.25) is 14.6 Å². The molecule has 1 amide bonds. The lowest BCUT2D eigenvalue weighted by Gasteiger charge is -2.21. The van der Waals surface area contributed by atoms with Crippen LogP contribution in [0.25, 0.3) is 5.53 Å². The molecule has 1 N–H and O–H groups in total. The van der Waals surface area contributed by atoms with Crippen LogP contribution in [0.1, 0.15) is 38.4 Å². The molecule has 1 aromatic rings. The summed E-state index contributed by atoms with van der Waals surface area (Å²) in [5, 5.41) is 2.44. The number of rotatable bonds is 10. The Hall–Kier alpha value is -2.97. The van der Waals surface area contributed by atoms with Gasteiger partial charge in [-0.2, -0.15) is 4.79 Å². The maximum Gasteiger partial charge on any atom is 0.328 e. The predicted molar refractivity (Wildman–Crippen MR) is 91.0 cm³/mol. The molecule has 0 aliphatic rings. The minimum Gasteiger partial charge on any atom is -0.461 e. The second-order valence-electron chi connectivity index (χ2n) is 5.85. The highest BCUT2D eigenvalue weighted by molar-refractivity contribution is 6.25. The maximum atomic E-state index is 13.3. The zero-order chi connectivity index (χ0) is 20.4. The van der Waals surface area contributed by atoms with E-state index < -0.39 is 41.7 Å². The number of hydrogen-bond donors (Lipinski definition) is 1. The number of nitrogens with zero attached hydrogens (tertiary/aromatic N) is 3. The van der Waals surface area contributed by atoms with Crippen LogP contribution in [0.5, 0.6) is 0 Å². The number of ether oxygens (including phenoxy) is 2. The van der Waals surface area contributed by atoms with Crippen LogP contribution in [-0.2, 0) is 23.9 Å². The molecule has 2 atom stereocenters. The van der Waals surface area contributed by atoms with E-state index >= 15 is 0 Å². The van der Waals surface area contributed by atoms with E-state index in [1.54, 1.807) is 13.8 Å². The van der Waals surface area contributed by atoms with Crippen molar-refractivity contribution in [3.63, 3.8) is 0 Å². The minimum absolute atomic E-state index is 0.0834. The number of Topliss-reactive ketones (excluding diaryl/α,β-unsaturated/α-hetero) is 1. The van der Waals surface area contributed by atoms with Crippen LogP contribution in [0.4, 0.5) is 4.39 Å². The first-order valence-electron chi connectivity index (χ1n) is 8.12. The lowest BCUT2D eigenvalue weighted by molar-refractivity contribution is -0.152. The van der Waals surface area contributed by atoms with Crippen molar-refractivity contribution in [3.05, 3.63) is 35.4 Å². The van der Waals surface area contributed by atoms with Crippen LogP contribution in [0, 0.1) is 5.82 Å². The summed E-state index contributed by atoms with van der Waals surface area (Å²) in [6, 6.07) is -0.0567. The quantitative estimate of drug-likeness (QED) is 0.279. The molecule has 146 valence electrons. The Balaban J connectivity index is 2.93. The van der Waals surface area contributed by atoms with Gasteiger partial charge in [0.2, 0.25) is 5.78 Å². The number of carbonyl (C=O) groups excluding carboxylic acids is 3. The van der Waals surface area contributed by atoms with Gasteiger partial charge in [-0.05, 0) is 26.3 Å². The number of aromatic nitrogens is 1. The fourth-order valence-corrected chi connectivity index (χ4v) is 2.19. The monoisotopic (exact) mass is 380 g/mol. The normalized spacial score (nSPS) is 12.6. The van der Waals surface area contributed by atoms with Gasteiger partial charge in [-0.1, -0.05) is 0 Å². The lowest BCUT2D eigenvalue weighted by Crippen LogP contribution is -2.45. The lowest BCUT2D eigenvalue weighted by atomic mass is 10.1. The van der Waals surface area contributed by atoms with Gasteiger partial charge in [0.1, 0.15) is 11.9 Å². The third-order valence-corrected chi connectivity index (χ3v) is 3.34. The first-order valence-corrected chi connectivity index (χ1v) is 8.12. The van der Waals surface area contributed by atoms with Crippen molar-refractivity contribution in [3.8, 4) is 0 Å². The fraction of sp³-hybridized carbons (Fsp3) is 0.471. The van der Waals surface area contributed by atoms with Crippen molar-refractivity contribution in [2.24, 2.45) is 0 Å². The molecule has 1 rings (SSSR count). The molecule has 0 saturated heterocycles. The number of carbonyl (C=O) groups is 3.